The summed E-state index contributed by atoms with van der Waals surface area (Å²) in [5, 5.41) is 21.3. The molecule has 4 heteroatoms. The van der Waals surface area contributed by atoms with Crippen LogP contribution in [0.5, 0.6) is 0 Å². The molecule has 4 nitrogen and oxygen atoms in total. The van der Waals surface area contributed by atoms with Crippen LogP contribution in [0.1, 0.15) is 11.3 Å². The van der Waals surface area contributed by atoms with Gasteiger partial charge in [-0.2, -0.15) is 5.26 Å². The first-order chi connectivity index (χ1) is 7.33. The van der Waals surface area contributed by atoms with Gasteiger partial charge in [0.05, 0.1) is 11.6 Å². The normalized spacial score (nSPS) is 9.87. The quantitative estimate of drug-likeness (QED) is 0.801. The van der Waals surface area contributed by atoms with E-state index in [2.05, 4.69) is 11.2 Å². The van der Waals surface area contributed by atoms with Gasteiger partial charge in [0.25, 0.3) is 0 Å². The van der Waals surface area contributed by atoms with Crippen LogP contribution in [-0.4, -0.2) is 10.3 Å². The van der Waals surface area contributed by atoms with Gasteiger partial charge in [0.2, 0.25) is 0 Å². The molecule has 1 aromatic carbocycles. The Morgan fingerprint density at radius 2 is 2.27 bits per heavy atom. The molecule has 2 aromatic rings. The molecule has 1 N–H and O–H groups in total. The third kappa shape index (κ3) is 1.87. The van der Waals surface area contributed by atoms with Crippen molar-refractivity contribution in [3.05, 3.63) is 41.7 Å². The second kappa shape index (κ2) is 3.95. The summed E-state index contributed by atoms with van der Waals surface area (Å²) in [6, 6.07) is 10.8. The average molecular weight is 200 g/mol. The second-order valence-electron chi connectivity index (χ2n) is 3.03. The topological polar surface area (TPSA) is 70.0 Å². The molecule has 0 amide bonds. The standard InChI is InChI=1S/C11H8N2O2/c12-6-8-2-1-3-9(4-8)11-5-10(7-14)15-13-11/h1-5,14H,7H2. The molecule has 1 aromatic heterocycles. The smallest absolute Gasteiger partial charge is 0.162 e. The summed E-state index contributed by atoms with van der Waals surface area (Å²) in [4.78, 5) is 0. The van der Waals surface area contributed by atoms with E-state index in [9.17, 15) is 0 Å². The molecular formula is C11H8N2O2. The van der Waals surface area contributed by atoms with Gasteiger partial charge in [-0.25, -0.2) is 0 Å². The molecule has 0 atom stereocenters. The number of hydrogen-bond donors (Lipinski definition) is 1. The van der Waals surface area contributed by atoms with Crippen molar-refractivity contribution in [1.29, 1.82) is 5.26 Å². The van der Waals surface area contributed by atoms with Crippen LogP contribution in [-0.2, 0) is 6.61 Å². The van der Waals surface area contributed by atoms with Crippen molar-refractivity contribution in [2.75, 3.05) is 0 Å². The highest BCUT2D eigenvalue weighted by Crippen LogP contribution is 2.19. The highest BCUT2D eigenvalue weighted by atomic mass is 16.5. The second-order valence-corrected chi connectivity index (χ2v) is 3.03. The van der Waals surface area contributed by atoms with Gasteiger partial charge in [-0.15, -0.1) is 0 Å². The summed E-state index contributed by atoms with van der Waals surface area (Å²) in [5.74, 6) is 0.410. The first kappa shape index (κ1) is 9.44. The van der Waals surface area contributed by atoms with Crippen LogP contribution in [0.2, 0.25) is 0 Å². The van der Waals surface area contributed by atoms with Gasteiger partial charge in [0.15, 0.2) is 5.76 Å². The first-order valence-electron chi connectivity index (χ1n) is 4.40. The maximum atomic E-state index is 8.81. The Bertz CT molecular complexity index is 511. The van der Waals surface area contributed by atoms with E-state index in [-0.39, 0.29) is 6.61 Å². The minimum atomic E-state index is -0.176. The molecular weight excluding hydrogens is 192 g/mol. The third-order valence-electron chi connectivity index (χ3n) is 2.00. The first-order valence-corrected chi connectivity index (χ1v) is 4.40. The minimum absolute atomic E-state index is 0.176. The number of nitriles is 1. The van der Waals surface area contributed by atoms with E-state index in [1.165, 1.54) is 0 Å². The van der Waals surface area contributed by atoms with Gasteiger partial charge in [-0.3, -0.25) is 0 Å². The van der Waals surface area contributed by atoms with Crippen molar-refractivity contribution in [2.24, 2.45) is 0 Å². The molecule has 0 saturated heterocycles. The lowest BCUT2D eigenvalue weighted by atomic mass is 10.1. The van der Waals surface area contributed by atoms with E-state index in [1.54, 1.807) is 24.3 Å². The summed E-state index contributed by atoms with van der Waals surface area (Å²) in [7, 11) is 0. The third-order valence-corrected chi connectivity index (χ3v) is 2.00. The summed E-state index contributed by atoms with van der Waals surface area (Å²) >= 11 is 0. The van der Waals surface area contributed by atoms with Crippen molar-refractivity contribution >= 4 is 0 Å². The lowest BCUT2D eigenvalue weighted by molar-refractivity contribution is 0.229. The fourth-order valence-electron chi connectivity index (χ4n) is 1.27. The number of rotatable bonds is 2. The molecule has 74 valence electrons. The van der Waals surface area contributed by atoms with Gasteiger partial charge >= 0.3 is 0 Å². The molecule has 0 aliphatic heterocycles. The van der Waals surface area contributed by atoms with Crippen LogP contribution in [0.4, 0.5) is 0 Å². The van der Waals surface area contributed by atoms with Gasteiger partial charge in [-0.05, 0) is 12.1 Å². The molecule has 15 heavy (non-hydrogen) atoms. The van der Waals surface area contributed by atoms with Crippen LogP contribution < -0.4 is 0 Å². The maximum absolute atomic E-state index is 8.81. The van der Waals surface area contributed by atoms with Gasteiger partial charge in [-0.1, -0.05) is 17.3 Å². The zero-order chi connectivity index (χ0) is 10.7. The number of aromatic nitrogens is 1. The van der Waals surface area contributed by atoms with Crippen molar-refractivity contribution < 1.29 is 9.63 Å². The lowest BCUT2D eigenvalue weighted by Crippen LogP contribution is -1.79. The summed E-state index contributed by atoms with van der Waals surface area (Å²) in [5.41, 5.74) is 2.00. The zero-order valence-corrected chi connectivity index (χ0v) is 7.84. The molecule has 0 fully saturated rings. The van der Waals surface area contributed by atoms with E-state index in [1.807, 2.05) is 6.07 Å². The Morgan fingerprint density at radius 1 is 1.40 bits per heavy atom. The Labute approximate surface area is 86.4 Å². The molecule has 0 spiro atoms. The number of hydrogen-bond acceptors (Lipinski definition) is 4. The Morgan fingerprint density at radius 3 is 2.93 bits per heavy atom. The monoisotopic (exact) mass is 200 g/mol. The van der Waals surface area contributed by atoms with Crippen LogP contribution in [0.15, 0.2) is 34.9 Å². The van der Waals surface area contributed by atoms with Crippen molar-refractivity contribution in [3.63, 3.8) is 0 Å². The average Bonchev–Trinajstić information content (AvgIpc) is 2.78. The summed E-state index contributed by atoms with van der Waals surface area (Å²) in [6.45, 7) is -0.176. The number of aliphatic hydroxyl groups is 1. The highest BCUT2D eigenvalue weighted by Gasteiger charge is 2.05. The molecule has 0 unspecified atom stereocenters. The molecule has 0 aliphatic carbocycles. The zero-order valence-electron chi connectivity index (χ0n) is 7.84. The van der Waals surface area contributed by atoms with Gasteiger partial charge < -0.3 is 9.63 Å². The molecule has 1 heterocycles. The van der Waals surface area contributed by atoms with Crippen molar-refractivity contribution in [3.8, 4) is 17.3 Å². The van der Waals surface area contributed by atoms with E-state index in [0.717, 1.165) is 5.56 Å². The SMILES string of the molecule is N#Cc1cccc(-c2cc(CO)on2)c1. The molecule has 0 saturated carbocycles. The van der Waals surface area contributed by atoms with E-state index in [4.69, 9.17) is 14.9 Å². The molecule has 0 bridgehead atoms. The Hall–Kier alpha value is -2.12. The maximum Gasteiger partial charge on any atom is 0.162 e. The molecule has 0 aliphatic rings. The molecule has 2 rings (SSSR count). The Kier molecular flexibility index (Phi) is 2.48. The Balaban J connectivity index is 2.41. The number of nitrogens with zero attached hydrogens (tertiary/aromatic N) is 2. The van der Waals surface area contributed by atoms with Crippen LogP contribution in [0, 0.1) is 11.3 Å². The fourth-order valence-corrected chi connectivity index (χ4v) is 1.27. The molecule has 0 radical (unpaired) electrons. The van der Waals surface area contributed by atoms with E-state index >= 15 is 0 Å². The van der Waals surface area contributed by atoms with E-state index < -0.39 is 0 Å². The van der Waals surface area contributed by atoms with Crippen LogP contribution in [0.3, 0.4) is 0 Å². The largest absolute Gasteiger partial charge is 0.388 e. The highest BCUT2D eigenvalue weighted by molar-refractivity contribution is 5.61. The summed E-state index contributed by atoms with van der Waals surface area (Å²) < 4.78 is 4.86. The minimum Gasteiger partial charge on any atom is -0.388 e. The number of benzene rings is 1. The summed E-state index contributed by atoms with van der Waals surface area (Å²) in [6.07, 6.45) is 0. The number of aliphatic hydroxyl groups excluding tert-OH is 1. The predicted octanol–water partition coefficient (Wildman–Crippen LogP) is 1.71. The predicted molar refractivity (Wildman–Crippen MR) is 52.6 cm³/mol. The van der Waals surface area contributed by atoms with Crippen molar-refractivity contribution in [1.82, 2.24) is 5.16 Å². The van der Waals surface area contributed by atoms with E-state index in [0.29, 0.717) is 17.0 Å². The van der Waals surface area contributed by atoms with Gasteiger partial charge in [0.1, 0.15) is 12.3 Å². The van der Waals surface area contributed by atoms with Crippen LogP contribution in [0.25, 0.3) is 11.3 Å². The lowest BCUT2D eigenvalue weighted by Gasteiger charge is -1.94. The van der Waals surface area contributed by atoms with Crippen molar-refractivity contribution in [2.45, 2.75) is 6.61 Å². The van der Waals surface area contributed by atoms with Gasteiger partial charge in [0, 0.05) is 11.6 Å². The van der Waals surface area contributed by atoms with Crippen LogP contribution >= 0.6 is 0 Å². The fraction of sp³-hybridized carbons (Fsp3) is 0.0909.